The predicted octanol–water partition coefficient (Wildman–Crippen LogP) is 2.75. The van der Waals surface area contributed by atoms with Crippen molar-refractivity contribution >= 4 is 11.9 Å². The molecule has 0 radical (unpaired) electrons. The van der Waals surface area contributed by atoms with Crippen LogP contribution in [0.2, 0.25) is 0 Å². The number of esters is 1. The van der Waals surface area contributed by atoms with E-state index in [0.717, 1.165) is 19.1 Å². The van der Waals surface area contributed by atoms with Gasteiger partial charge < -0.3 is 19.7 Å². The van der Waals surface area contributed by atoms with E-state index in [4.69, 9.17) is 15.0 Å². The van der Waals surface area contributed by atoms with E-state index < -0.39 is 18.1 Å². The first-order chi connectivity index (χ1) is 9.76. The fourth-order valence-electron chi connectivity index (χ4n) is 1.54. The summed E-state index contributed by atoms with van der Waals surface area (Å²) in [5.41, 5.74) is 5.91. The molecule has 112 valence electrons. The summed E-state index contributed by atoms with van der Waals surface area (Å²) in [6, 6.07) is 4.77. The van der Waals surface area contributed by atoms with Crippen molar-refractivity contribution in [2.45, 2.75) is 13.3 Å². The van der Waals surface area contributed by atoms with Crippen LogP contribution in [-0.2, 0) is 4.79 Å². The SMILES string of the molecule is CC(=O)Oc1c(-c2ccc(OC(F)(F)F)cc2)noc1N. The lowest BCUT2D eigenvalue weighted by atomic mass is 10.1. The van der Waals surface area contributed by atoms with Crippen molar-refractivity contribution in [3.05, 3.63) is 24.3 Å². The number of nitrogens with zero attached hydrogens (tertiary/aromatic N) is 1. The number of hydrogen-bond donors (Lipinski definition) is 1. The zero-order valence-corrected chi connectivity index (χ0v) is 10.6. The molecule has 1 heterocycles. The Labute approximate surface area is 116 Å². The number of carbonyl (C=O) groups excluding carboxylic acids is 1. The molecule has 9 heteroatoms. The smallest absolute Gasteiger partial charge is 0.418 e. The van der Waals surface area contributed by atoms with E-state index >= 15 is 0 Å². The summed E-state index contributed by atoms with van der Waals surface area (Å²) in [5, 5.41) is 3.60. The second-order valence-electron chi connectivity index (χ2n) is 3.89. The maximum absolute atomic E-state index is 12.1. The van der Waals surface area contributed by atoms with Crippen molar-refractivity contribution < 1.29 is 32.0 Å². The highest BCUT2D eigenvalue weighted by atomic mass is 19.4. The Bertz CT molecular complexity index is 650. The number of alkyl halides is 3. The van der Waals surface area contributed by atoms with E-state index in [1.165, 1.54) is 12.1 Å². The van der Waals surface area contributed by atoms with E-state index in [-0.39, 0.29) is 17.3 Å². The summed E-state index contributed by atoms with van der Waals surface area (Å²) in [7, 11) is 0. The molecule has 0 unspecified atom stereocenters. The van der Waals surface area contributed by atoms with Gasteiger partial charge in [0.15, 0.2) is 5.69 Å². The van der Waals surface area contributed by atoms with Crippen LogP contribution in [0.4, 0.5) is 19.1 Å². The van der Waals surface area contributed by atoms with Gasteiger partial charge in [0.05, 0.1) is 0 Å². The molecule has 0 aliphatic rings. The van der Waals surface area contributed by atoms with E-state index in [9.17, 15) is 18.0 Å². The predicted molar refractivity (Wildman–Crippen MR) is 64.3 cm³/mol. The summed E-state index contributed by atoms with van der Waals surface area (Å²) >= 11 is 0. The van der Waals surface area contributed by atoms with Crippen molar-refractivity contribution in [3.8, 4) is 22.8 Å². The molecule has 2 aromatic rings. The van der Waals surface area contributed by atoms with Crippen molar-refractivity contribution in [2.75, 3.05) is 5.73 Å². The van der Waals surface area contributed by atoms with Crippen LogP contribution in [0, 0.1) is 0 Å². The monoisotopic (exact) mass is 302 g/mol. The van der Waals surface area contributed by atoms with Crippen LogP contribution < -0.4 is 15.2 Å². The summed E-state index contributed by atoms with van der Waals surface area (Å²) in [5.74, 6) is -1.33. The van der Waals surface area contributed by atoms with Gasteiger partial charge >= 0.3 is 12.3 Å². The number of nitrogens with two attached hydrogens (primary N) is 1. The lowest BCUT2D eigenvalue weighted by molar-refractivity contribution is -0.274. The van der Waals surface area contributed by atoms with Gasteiger partial charge in [-0.3, -0.25) is 4.79 Å². The zero-order chi connectivity index (χ0) is 15.6. The number of aromatic nitrogens is 1. The fraction of sp³-hybridized carbons (Fsp3) is 0.167. The highest BCUT2D eigenvalue weighted by molar-refractivity contribution is 5.78. The van der Waals surface area contributed by atoms with Crippen LogP contribution in [0.15, 0.2) is 28.8 Å². The normalized spacial score (nSPS) is 11.2. The lowest BCUT2D eigenvalue weighted by Gasteiger charge is -2.08. The quantitative estimate of drug-likeness (QED) is 0.877. The minimum Gasteiger partial charge on any atom is -0.418 e. The van der Waals surface area contributed by atoms with Gasteiger partial charge in [-0.1, -0.05) is 5.16 Å². The maximum Gasteiger partial charge on any atom is 0.573 e. The second-order valence-corrected chi connectivity index (χ2v) is 3.89. The topological polar surface area (TPSA) is 87.6 Å². The Balaban J connectivity index is 2.29. The van der Waals surface area contributed by atoms with Crippen LogP contribution in [0.5, 0.6) is 11.5 Å². The molecule has 0 saturated carbocycles. The third-order valence-corrected chi connectivity index (χ3v) is 2.28. The van der Waals surface area contributed by atoms with Crippen LogP contribution in [0.3, 0.4) is 0 Å². The van der Waals surface area contributed by atoms with Crippen molar-refractivity contribution in [2.24, 2.45) is 0 Å². The maximum atomic E-state index is 12.1. The fourth-order valence-corrected chi connectivity index (χ4v) is 1.54. The average molecular weight is 302 g/mol. The van der Waals surface area contributed by atoms with Crippen LogP contribution in [-0.4, -0.2) is 17.5 Å². The van der Waals surface area contributed by atoms with E-state index in [2.05, 4.69) is 9.89 Å². The van der Waals surface area contributed by atoms with Gasteiger partial charge in [0.2, 0.25) is 5.75 Å². The first-order valence-electron chi connectivity index (χ1n) is 5.56. The van der Waals surface area contributed by atoms with Gasteiger partial charge in [-0.2, -0.15) is 0 Å². The van der Waals surface area contributed by atoms with E-state index in [0.29, 0.717) is 5.56 Å². The molecule has 0 fully saturated rings. The Morgan fingerprint density at radius 1 is 1.29 bits per heavy atom. The molecule has 1 aromatic carbocycles. The summed E-state index contributed by atoms with van der Waals surface area (Å²) in [4.78, 5) is 11.0. The average Bonchev–Trinajstić information content (AvgIpc) is 2.70. The summed E-state index contributed by atoms with van der Waals surface area (Å²) < 4.78 is 49.4. The number of anilines is 1. The van der Waals surface area contributed by atoms with E-state index in [1.807, 2.05) is 0 Å². The number of carbonyl (C=O) groups is 1. The van der Waals surface area contributed by atoms with Crippen LogP contribution in [0.25, 0.3) is 11.3 Å². The summed E-state index contributed by atoms with van der Waals surface area (Å²) in [6.07, 6.45) is -4.78. The Kier molecular flexibility index (Phi) is 3.74. The Morgan fingerprint density at radius 2 is 1.90 bits per heavy atom. The van der Waals surface area contributed by atoms with Crippen LogP contribution in [0.1, 0.15) is 6.92 Å². The highest BCUT2D eigenvalue weighted by Crippen LogP contribution is 2.35. The first kappa shape index (κ1) is 14.7. The number of nitrogen functional groups attached to an aromatic ring is 1. The lowest BCUT2D eigenvalue weighted by Crippen LogP contribution is -2.16. The molecule has 2 N–H and O–H groups in total. The number of benzene rings is 1. The molecule has 2 rings (SSSR count). The first-order valence-corrected chi connectivity index (χ1v) is 5.56. The molecular formula is C12H9F3N2O4. The molecule has 21 heavy (non-hydrogen) atoms. The molecule has 0 spiro atoms. The zero-order valence-electron chi connectivity index (χ0n) is 10.6. The van der Waals surface area contributed by atoms with Gasteiger partial charge in [0.25, 0.3) is 5.88 Å². The molecule has 0 aliphatic heterocycles. The molecule has 0 atom stereocenters. The van der Waals surface area contributed by atoms with Gasteiger partial charge in [-0.25, -0.2) is 0 Å². The molecule has 0 bridgehead atoms. The number of hydrogen-bond acceptors (Lipinski definition) is 6. The third kappa shape index (κ3) is 3.65. The third-order valence-electron chi connectivity index (χ3n) is 2.28. The van der Waals surface area contributed by atoms with Crippen molar-refractivity contribution in [1.29, 1.82) is 0 Å². The summed E-state index contributed by atoms with van der Waals surface area (Å²) in [6.45, 7) is 1.16. The minimum absolute atomic E-state index is 0.0908. The van der Waals surface area contributed by atoms with Crippen molar-refractivity contribution in [1.82, 2.24) is 5.16 Å². The Morgan fingerprint density at radius 3 is 2.43 bits per heavy atom. The molecule has 6 nitrogen and oxygen atoms in total. The standard InChI is InChI=1S/C12H9F3N2O4/c1-6(18)19-10-9(17-21-11(10)16)7-2-4-8(5-3-7)20-12(13,14)15/h2-5H,16H2,1H3. The largest absolute Gasteiger partial charge is 0.573 e. The minimum atomic E-state index is -4.78. The number of rotatable bonds is 3. The second kappa shape index (κ2) is 5.35. The van der Waals surface area contributed by atoms with Gasteiger partial charge in [-0.05, 0) is 24.3 Å². The van der Waals surface area contributed by atoms with Gasteiger partial charge in [0.1, 0.15) is 5.75 Å². The van der Waals surface area contributed by atoms with Crippen molar-refractivity contribution in [3.63, 3.8) is 0 Å². The highest BCUT2D eigenvalue weighted by Gasteiger charge is 2.31. The van der Waals surface area contributed by atoms with Crippen LogP contribution >= 0.6 is 0 Å². The molecule has 0 saturated heterocycles. The molecular weight excluding hydrogens is 293 g/mol. The van der Waals surface area contributed by atoms with E-state index in [1.54, 1.807) is 0 Å². The van der Waals surface area contributed by atoms with Gasteiger partial charge in [0, 0.05) is 12.5 Å². The number of halogens is 3. The molecule has 0 amide bonds. The Hall–Kier alpha value is -2.71. The van der Waals surface area contributed by atoms with Gasteiger partial charge in [-0.15, -0.1) is 13.2 Å². The molecule has 1 aromatic heterocycles. The molecule has 0 aliphatic carbocycles. The number of ether oxygens (including phenoxy) is 2.